The summed E-state index contributed by atoms with van der Waals surface area (Å²) in [5.41, 5.74) is 1.37. The largest absolute Gasteiger partial charge is 0.298 e. The second kappa shape index (κ2) is 4.17. The lowest BCUT2D eigenvalue weighted by Gasteiger charge is -2.31. The smallest absolute Gasteiger partial charge is 0.123 e. The van der Waals surface area contributed by atoms with Crippen molar-refractivity contribution in [3.8, 4) is 0 Å². The van der Waals surface area contributed by atoms with Gasteiger partial charge in [-0.1, -0.05) is 12.1 Å². The van der Waals surface area contributed by atoms with Crippen LogP contribution in [0.25, 0.3) is 0 Å². The SMILES string of the molecule is CC(C)(C)N1CCC(c2cccc(F)c2)C1. The number of nitrogens with zero attached hydrogens (tertiary/aromatic N) is 1. The average molecular weight is 221 g/mol. The Labute approximate surface area is 97.3 Å². The molecule has 1 atom stereocenters. The van der Waals surface area contributed by atoms with Crippen LogP contribution in [0.4, 0.5) is 4.39 Å². The summed E-state index contributed by atoms with van der Waals surface area (Å²) in [5, 5.41) is 0. The van der Waals surface area contributed by atoms with Gasteiger partial charge < -0.3 is 0 Å². The quantitative estimate of drug-likeness (QED) is 0.702. The highest BCUT2D eigenvalue weighted by atomic mass is 19.1. The summed E-state index contributed by atoms with van der Waals surface area (Å²) in [6.07, 6.45) is 1.14. The highest BCUT2D eigenvalue weighted by Gasteiger charge is 2.30. The zero-order valence-electron chi connectivity index (χ0n) is 10.3. The van der Waals surface area contributed by atoms with E-state index < -0.39 is 0 Å². The lowest BCUT2D eigenvalue weighted by molar-refractivity contribution is 0.173. The third kappa shape index (κ3) is 2.43. The Morgan fingerprint density at radius 1 is 1.31 bits per heavy atom. The molecule has 0 aromatic heterocycles. The second-order valence-electron chi connectivity index (χ2n) is 5.66. The lowest BCUT2D eigenvalue weighted by atomic mass is 9.98. The summed E-state index contributed by atoms with van der Waals surface area (Å²) >= 11 is 0. The second-order valence-corrected chi connectivity index (χ2v) is 5.66. The van der Waals surface area contributed by atoms with Gasteiger partial charge in [-0.2, -0.15) is 0 Å². The maximum atomic E-state index is 13.1. The van der Waals surface area contributed by atoms with Gasteiger partial charge in [-0.25, -0.2) is 4.39 Å². The number of halogens is 1. The third-order valence-electron chi connectivity index (χ3n) is 3.46. The average Bonchev–Trinajstić information content (AvgIpc) is 2.65. The van der Waals surface area contributed by atoms with Crippen molar-refractivity contribution in [1.29, 1.82) is 0 Å². The molecule has 0 radical (unpaired) electrons. The molecule has 0 amide bonds. The van der Waals surface area contributed by atoms with E-state index in [-0.39, 0.29) is 11.4 Å². The van der Waals surface area contributed by atoms with Crippen LogP contribution in [0.5, 0.6) is 0 Å². The molecule has 1 aliphatic rings. The molecule has 1 heterocycles. The molecular weight excluding hydrogens is 201 g/mol. The minimum absolute atomic E-state index is 0.119. The molecule has 1 nitrogen and oxygen atoms in total. The van der Waals surface area contributed by atoms with Gasteiger partial charge in [0, 0.05) is 12.1 Å². The monoisotopic (exact) mass is 221 g/mol. The molecule has 0 N–H and O–H groups in total. The molecule has 1 aliphatic heterocycles. The van der Waals surface area contributed by atoms with Crippen molar-refractivity contribution in [2.75, 3.05) is 13.1 Å². The Morgan fingerprint density at radius 2 is 2.06 bits per heavy atom. The van der Waals surface area contributed by atoms with Gasteiger partial charge in [0.05, 0.1) is 0 Å². The van der Waals surface area contributed by atoms with Crippen molar-refractivity contribution in [3.05, 3.63) is 35.6 Å². The minimum atomic E-state index is -0.119. The Kier molecular flexibility index (Phi) is 3.02. The van der Waals surface area contributed by atoms with Crippen LogP contribution in [0.1, 0.15) is 38.7 Å². The molecule has 2 heteroatoms. The fourth-order valence-corrected chi connectivity index (χ4v) is 2.40. The molecule has 1 aromatic rings. The van der Waals surface area contributed by atoms with Gasteiger partial charge in [-0.15, -0.1) is 0 Å². The summed E-state index contributed by atoms with van der Waals surface area (Å²) in [6.45, 7) is 8.88. The van der Waals surface area contributed by atoms with Crippen LogP contribution in [0.2, 0.25) is 0 Å². The van der Waals surface area contributed by atoms with Crippen LogP contribution >= 0.6 is 0 Å². The van der Waals surface area contributed by atoms with E-state index in [1.165, 1.54) is 6.07 Å². The van der Waals surface area contributed by atoms with Crippen LogP contribution in [0.15, 0.2) is 24.3 Å². The van der Waals surface area contributed by atoms with E-state index in [4.69, 9.17) is 0 Å². The summed E-state index contributed by atoms with van der Waals surface area (Å²) in [4.78, 5) is 2.47. The Balaban J connectivity index is 2.09. The molecule has 2 rings (SSSR count). The van der Waals surface area contributed by atoms with Crippen LogP contribution < -0.4 is 0 Å². The van der Waals surface area contributed by atoms with Crippen molar-refractivity contribution in [2.24, 2.45) is 0 Å². The number of benzene rings is 1. The minimum Gasteiger partial charge on any atom is -0.298 e. The Morgan fingerprint density at radius 3 is 2.62 bits per heavy atom. The van der Waals surface area contributed by atoms with Crippen LogP contribution in [-0.4, -0.2) is 23.5 Å². The van der Waals surface area contributed by atoms with Gasteiger partial charge in [0.2, 0.25) is 0 Å². The first-order valence-corrected chi connectivity index (χ1v) is 5.97. The predicted octanol–water partition coefficient (Wildman–Crippen LogP) is 3.41. The Hall–Kier alpha value is -0.890. The maximum absolute atomic E-state index is 13.1. The van der Waals surface area contributed by atoms with Crippen LogP contribution in [-0.2, 0) is 0 Å². The molecule has 1 fully saturated rings. The third-order valence-corrected chi connectivity index (χ3v) is 3.46. The van der Waals surface area contributed by atoms with E-state index in [0.717, 1.165) is 25.1 Å². The fourth-order valence-electron chi connectivity index (χ4n) is 2.40. The summed E-state index contributed by atoms with van der Waals surface area (Å²) in [7, 11) is 0. The van der Waals surface area contributed by atoms with Gasteiger partial charge in [-0.3, -0.25) is 4.90 Å². The van der Waals surface area contributed by atoms with Crippen LogP contribution in [0, 0.1) is 5.82 Å². The van der Waals surface area contributed by atoms with E-state index in [1.54, 1.807) is 6.07 Å². The van der Waals surface area contributed by atoms with Gasteiger partial charge in [0.25, 0.3) is 0 Å². The molecule has 88 valence electrons. The molecule has 0 spiro atoms. The summed E-state index contributed by atoms with van der Waals surface area (Å²) < 4.78 is 13.1. The molecule has 0 saturated carbocycles. The summed E-state index contributed by atoms with van der Waals surface area (Å²) in [6, 6.07) is 7.04. The topological polar surface area (TPSA) is 3.24 Å². The van der Waals surface area contributed by atoms with E-state index in [1.807, 2.05) is 12.1 Å². The number of hydrogen-bond acceptors (Lipinski definition) is 1. The highest BCUT2D eigenvalue weighted by molar-refractivity contribution is 5.22. The van der Waals surface area contributed by atoms with Crippen molar-refractivity contribution in [1.82, 2.24) is 4.90 Å². The molecule has 16 heavy (non-hydrogen) atoms. The maximum Gasteiger partial charge on any atom is 0.123 e. The zero-order valence-corrected chi connectivity index (χ0v) is 10.3. The predicted molar refractivity (Wildman–Crippen MR) is 65.1 cm³/mol. The number of rotatable bonds is 1. The number of likely N-dealkylation sites (tertiary alicyclic amines) is 1. The molecule has 0 aliphatic carbocycles. The first kappa shape index (κ1) is 11.6. The van der Waals surface area contributed by atoms with Crippen molar-refractivity contribution >= 4 is 0 Å². The van der Waals surface area contributed by atoms with E-state index in [2.05, 4.69) is 25.7 Å². The van der Waals surface area contributed by atoms with Crippen molar-refractivity contribution in [3.63, 3.8) is 0 Å². The van der Waals surface area contributed by atoms with E-state index in [9.17, 15) is 4.39 Å². The van der Waals surface area contributed by atoms with Gasteiger partial charge >= 0.3 is 0 Å². The first-order chi connectivity index (χ1) is 7.47. The summed E-state index contributed by atoms with van der Waals surface area (Å²) in [5.74, 6) is 0.377. The first-order valence-electron chi connectivity index (χ1n) is 5.97. The standard InChI is InChI=1S/C14H20FN/c1-14(2,3)16-8-7-12(10-16)11-5-4-6-13(15)9-11/h4-6,9,12H,7-8,10H2,1-3H3. The number of hydrogen-bond donors (Lipinski definition) is 0. The van der Waals surface area contributed by atoms with Gasteiger partial charge in [0.15, 0.2) is 0 Å². The molecule has 1 unspecified atom stereocenters. The molecular formula is C14H20FN. The van der Waals surface area contributed by atoms with Crippen molar-refractivity contribution in [2.45, 2.75) is 38.6 Å². The van der Waals surface area contributed by atoms with Crippen LogP contribution in [0.3, 0.4) is 0 Å². The van der Waals surface area contributed by atoms with Gasteiger partial charge in [-0.05, 0) is 57.4 Å². The normalized spacial score (nSPS) is 22.6. The molecule has 1 aromatic carbocycles. The molecule has 0 bridgehead atoms. The lowest BCUT2D eigenvalue weighted by Crippen LogP contribution is -2.39. The fraction of sp³-hybridized carbons (Fsp3) is 0.571. The molecule has 1 saturated heterocycles. The Bertz CT molecular complexity index is 367. The van der Waals surface area contributed by atoms with Crippen molar-refractivity contribution < 1.29 is 4.39 Å². The van der Waals surface area contributed by atoms with E-state index >= 15 is 0 Å². The highest BCUT2D eigenvalue weighted by Crippen LogP contribution is 2.31. The zero-order chi connectivity index (χ0) is 11.8. The van der Waals surface area contributed by atoms with Gasteiger partial charge in [0.1, 0.15) is 5.82 Å². The van der Waals surface area contributed by atoms with E-state index in [0.29, 0.717) is 5.92 Å².